The first-order valence-corrected chi connectivity index (χ1v) is 16.4. The lowest BCUT2D eigenvalue weighted by atomic mass is 9.51. The molecule has 240 valence electrons. The van der Waals surface area contributed by atoms with E-state index < -0.39 is 70.2 Å². The quantitative estimate of drug-likeness (QED) is 0.161. The Bertz CT molecular complexity index is 2140. The summed E-state index contributed by atoms with van der Waals surface area (Å²) in [5, 5.41) is 26.7. The highest BCUT2D eigenvalue weighted by atomic mass is 35.5. The van der Waals surface area contributed by atoms with E-state index in [-0.39, 0.29) is 23.7 Å². The molecule has 4 amide bonds. The first-order valence-electron chi connectivity index (χ1n) is 15.2. The van der Waals surface area contributed by atoms with Crippen LogP contribution in [0.2, 0.25) is 5.02 Å². The number of aromatic nitrogens is 2. The summed E-state index contributed by atoms with van der Waals surface area (Å²) in [6, 6.07) is 11.2. The zero-order chi connectivity index (χ0) is 33.3. The van der Waals surface area contributed by atoms with Crippen LogP contribution in [0.15, 0.2) is 54.1 Å². The Hall–Kier alpha value is -4.39. The third kappa shape index (κ3) is 3.95. The number of benzene rings is 2. The van der Waals surface area contributed by atoms with E-state index in [9.17, 15) is 33.9 Å². The molecule has 4 heterocycles. The van der Waals surface area contributed by atoms with Gasteiger partial charge in [0, 0.05) is 28.8 Å². The number of amides is 4. The van der Waals surface area contributed by atoms with E-state index in [1.54, 1.807) is 26.1 Å². The molecule has 4 aliphatic rings. The normalized spacial score (nSPS) is 28.6. The summed E-state index contributed by atoms with van der Waals surface area (Å²) in [6.07, 6.45) is 2.02. The van der Waals surface area contributed by atoms with Crippen LogP contribution >= 0.6 is 22.9 Å². The van der Waals surface area contributed by atoms with Gasteiger partial charge in [0.2, 0.25) is 11.8 Å². The van der Waals surface area contributed by atoms with Crippen molar-refractivity contribution in [3.8, 4) is 16.3 Å². The number of imide groups is 2. The average Bonchev–Trinajstić information content (AvgIpc) is 3.70. The Morgan fingerprint density at radius 1 is 1.04 bits per heavy atom. The maximum Gasteiger partial charge on any atom is 0.257 e. The van der Waals surface area contributed by atoms with Gasteiger partial charge in [-0.25, -0.2) is 9.29 Å². The topological polar surface area (TPSA) is 133 Å². The van der Waals surface area contributed by atoms with Crippen LogP contribution in [0.4, 0.5) is 10.2 Å². The minimum absolute atomic E-state index is 0.0788. The van der Waals surface area contributed by atoms with Gasteiger partial charge in [0.15, 0.2) is 11.6 Å². The largest absolute Gasteiger partial charge is 0.505 e. The monoisotopic (exact) mass is 674 g/mol. The number of hydrogen-bond donors (Lipinski definition) is 2. The fraction of sp³-hybridized carbons (Fsp3) is 0.324. The summed E-state index contributed by atoms with van der Waals surface area (Å²) in [5.74, 6) is -7.82. The van der Waals surface area contributed by atoms with Crippen molar-refractivity contribution in [2.24, 2.45) is 36.1 Å². The number of phenols is 1. The van der Waals surface area contributed by atoms with Gasteiger partial charge in [-0.1, -0.05) is 29.3 Å². The molecule has 0 radical (unpaired) electrons. The molecule has 0 unspecified atom stereocenters. The number of aromatic hydroxyl groups is 1. The number of aryl methyl sites for hydroxylation is 2. The van der Waals surface area contributed by atoms with Crippen molar-refractivity contribution in [2.75, 3.05) is 4.90 Å². The summed E-state index contributed by atoms with van der Waals surface area (Å²) in [4.78, 5) is 57.2. The molecule has 3 fully saturated rings. The zero-order valence-corrected chi connectivity index (χ0v) is 27.0. The van der Waals surface area contributed by atoms with Gasteiger partial charge in [-0.05, 0) is 79.5 Å². The lowest BCUT2D eigenvalue weighted by Crippen LogP contribution is -2.48. The summed E-state index contributed by atoms with van der Waals surface area (Å²) < 4.78 is 17.4. The van der Waals surface area contributed by atoms with E-state index in [4.69, 9.17) is 16.7 Å². The van der Waals surface area contributed by atoms with Crippen LogP contribution in [0.25, 0.3) is 20.7 Å². The van der Waals surface area contributed by atoms with Crippen molar-refractivity contribution in [3.63, 3.8) is 0 Å². The van der Waals surface area contributed by atoms with Crippen molar-refractivity contribution in [3.05, 3.63) is 76.1 Å². The first-order chi connectivity index (χ1) is 22.3. The number of rotatable bonds is 3. The highest BCUT2D eigenvalue weighted by Gasteiger charge is 2.68. The van der Waals surface area contributed by atoms with Crippen LogP contribution in [0.5, 0.6) is 5.75 Å². The highest BCUT2D eigenvalue weighted by Crippen LogP contribution is 2.63. The van der Waals surface area contributed by atoms with Gasteiger partial charge in [0.25, 0.3) is 11.8 Å². The molecule has 2 saturated heterocycles. The predicted molar refractivity (Wildman–Crippen MR) is 170 cm³/mol. The van der Waals surface area contributed by atoms with Crippen molar-refractivity contribution < 1.29 is 33.9 Å². The Balaban J connectivity index is 1.26. The third-order valence-corrected chi connectivity index (χ3v) is 12.3. The van der Waals surface area contributed by atoms with Crippen LogP contribution in [0, 0.1) is 41.8 Å². The Kier molecular flexibility index (Phi) is 6.41. The van der Waals surface area contributed by atoms with E-state index >= 15 is 0 Å². The highest BCUT2D eigenvalue weighted by molar-refractivity contribution is 7.22. The van der Waals surface area contributed by atoms with Gasteiger partial charge in [0.05, 0.1) is 28.0 Å². The molecule has 6 atom stereocenters. The maximum absolute atomic E-state index is 14.9. The molecule has 0 bridgehead atoms. The Morgan fingerprint density at radius 2 is 1.81 bits per heavy atom. The molecule has 0 spiro atoms. The van der Waals surface area contributed by atoms with Gasteiger partial charge >= 0.3 is 0 Å². The molecule has 10 nitrogen and oxygen atoms in total. The second kappa shape index (κ2) is 10.1. The zero-order valence-electron chi connectivity index (χ0n) is 25.4. The average molecular weight is 675 g/mol. The molecule has 4 aromatic rings. The molecule has 8 rings (SSSR count). The number of halogens is 2. The van der Waals surface area contributed by atoms with Crippen molar-refractivity contribution in [1.82, 2.24) is 14.8 Å². The fourth-order valence-electron chi connectivity index (χ4n) is 8.52. The molecule has 2 N–H and O–H groups in total. The number of hydroxylamine groups is 2. The van der Waals surface area contributed by atoms with Crippen LogP contribution < -0.4 is 4.90 Å². The molecular weight excluding hydrogens is 647 g/mol. The summed E-state index contributed by atoms with van der Waals surface area (Å²) >= 11 is 7.78. The number of phenolic OH excluding ortho intramolecular Hbond substituents is 1. The lowest BCUT2D eigenvalue weighted by molar-refractivity contribution is -0.173. The van der Waals surface area contributed by atoms with Crippen molar-refractivity contribution in [1.29, 1.82) is 0 Å². The second-order valence-corrected chi connectivity index (χ2v) is 14.6. The summed E-state index contributed by atoms with van der Waals surface area (Å²) in [6.45, 7) is 3.65. The lowest BCUT2D eigenvalue weighted by Gasteiger charge is -2.49. The van der Waals surface area contributed by atoms with Crippen molar-refractivity contribution in [2.45, 2.75) is 32.6 Å². The van der Waals surface area contributed by atoms with E-state index in [1.165, 1.54) is 28.2 Å². The number of nitrogens with zero attached hydrogens (tertiary/aromatic N) is 4. The summed E-state index contributed by atoms with van der Waals surface area (Å²) in [5.41, 5.74) is 1.13. The maximum atomic E-state index is 14.9. The van der Waals surface area contributed by atoms with Gasteiger partial charge in [-0.15, -0.1) is 11.3 Å². The number of carbonyl (C=O) groups excluding carboxylic acids is 4. The van der Waals surface area contributed by atoms with Gasteiger partial charge < -0.3 is 5.11 Å². The molecule has 13 heteroatoms. The molecular formula is C34H28ClFN4O6S. The van der Waals surface area contributed by atoms with Gasteiger partial charge in [0.1, 0.15) is 11.5 Å². The molecule has 2 aromatic carbocycles. The number of fused-ring (bicyclic) bond motifs is 5. The standard InChI is InChI=1S/C34H28ClFN4O6S/c1-14-19-11-16(35)5-9-25(19)47-29(14)23-13-26(38(3)37-23)39-31(43)21-12-20-17(6-7-18-27(20)32(44)40(46)30(18)42)28(34(21,2)33(39)45)15-4-8-24(41)22(36)10-15/h4-6,8-11,13,18,20-21,27-28,41,46H,7,12H2,1-3H3/t18-,20+,21-,27-,28-,34+/m0/s1. The van der Waals surface area contributed by atoms with Crippen LogP contribution in [0.3, 0.4) is 0 Å². The Labute approximate surface area is 276 Å². The first kappa shape index (κ1) is 30.0. The van der Waals surface area contributed by atoms with Gasteiger partial charge in [-0.2, -0.15) is 10.2 Å². The predicted octanol–water partition coefficient (Wildman–Crippen LogP) is 5.73. The number of carbonyl (C=O) groups is 4. The van der Waals surface area contributed by atoms with E-state index in [2.05, 4.69) is 0 Å². The molecule has 2 aromatic heterocycles. The van der Waals surface area contributed by atoms with Crippen LogP contribution in [-0.4, -0.2) is 48.8 Å². The van der Waals surface area contributed by atoms with E-state index in [0.29, 0.717) is 21.9 Å². The number of anilines is 1. The molecule has 47 heavy (non-hydrogen) atoms. The van der Waals surface area contributed by atoms with Crippen LogP contribution in [-0.2, 0) is 26.2 Å². The van der Waals surface area contributed by atoms with Crippen molar-refractivity contribution >= 4 is 62.5 Å². The van der Waals surface area contributed by atoms with E-state index in [1.807, 2.05) is 25.1 Å². The minimum Gasteiger partial charge on any atom is -0.505 e. The Morgan fingerprint density at radius 3 is 2.55 bits per heavy atom. The van der Waals surface area contributed by atoms with Gasteiger partial charge in [-0.3, -0.25) is 29.1 Å². The molecule has 2 aliphatic carbocycles. The third-order valence-electron chi connectivity index (χ3n) is 10.8. The van der Waals surface area contributed by atoms with Crippen LogP contribution in [0.1, 0.15) is 36.8 Å². The fourth-order valence-corrected chi connectivity index (χ4v) is 9.83. The molecule has 2 aliphatic heterocycles. The number of thiophene rings is 1. The smallest absolute Gasteiger partial charge is 0.257 e. The number of hydrogen-bond acceptors (Lipinski definition) is 8. The molecule has 1 saturated carbocycles. The number of allylic oxidation sites excluding steroid dienone is 2. The summed E-state index contributed by atoms with van der Waals surface area (Å²) in [7, 11) is 1.65. The second-order valence-electron chi connectivity index (χ2n) is 13.1. The SMILES string of the molecule is Cc1c(-c2cc(N3C(=O)[C@@H]4C[C@@H]5C(=CC[C@@H]6C(=O)N(O)C(=O)[C@@H]65)[C@H](c5ccc(O)c(F)c5)[C@]4(C)C3=O)n(C)n2)sc2ccc(Cl)cc12. The van der Waals surface area contributed by atoms with E-state index in [0.717, 1.165) is 31.5 Å². The minimum atomic E-state index is -1.41.